The molecule has 22 heavy (non-hydrogen) atoms. The first-order valence-electron chi connectivity index (χ1n) is 7.70. The molecule has 0 saturated heterocycles. The summed E-state index contributed by atoms with van der Waals surface area (Å²) in [5.41, 5.74) is 3.49. The van der Waals surface area contributed by atoms with Crippen molar-refractivity contribution >= 4 is 17.2 Å². The van der Waals surface area contributed by atoms with Crippen LogP contribution >= 0.6 is 0 Å². The van der Waals surface area contributed by atoms with Gasteiger partial charge in [0.05, 0.1) is 4.75 Å². The van der Waals surface area contributed by atoms with Crippen LogP contribution in [0.3, 0.4) is 0 Å². The second-order valence-electron chi connectivity index (χ2n) is 6.11. The first-order chi connectivity index (χ1) is 10.3. The number of allylic oxidation sites excluding steroid dienone is 2. The van der Waals surface area contributed by atoms with Crippen molar-refractivity contribution in [2.45, 2.75) is 58.6 Å². The van der Waals surface area contributed by atoms with Crippen LogP contribution in [0.15, 0.2) is 39.8 Å². The molecule has 2 rings (SSSR count). The Morgan fingerprint density at radius 1 is 1.23 bits per heavy atom. The van der Waals surface area contributed by atoms with Gasteiger partial charge in [-0.2, -0.15) is 4.40 Å². The Bertz CT molecular complexity index is 582. The van der Waals surface area contributed by atoms with E-state index < -0.39 is 11.0 Å². The molecule has 0 heterocycles. The minimum atomic E-state index is -1.21. The van der Waals surface area contributed by atoms with Gasteiger partial charge in [0.25, 0.3) is 0 Å². The van der Waals surface area contributed by atoms with Crippen LogP contribution in [-0.4, -0.2) is 15.2 Å². The molecule has 2 atom stereocenters. The molecule has 0 aromatic heterocycles. The zero-order valence-electron chi connectivity index (χ0n) is 14.3. The van der Waals surface area contributed by atoms with Gasteiger partial charge in [-0.25, -0.2) is 8.60 Å². The van der Waals surface area contributed by atoms with E-state index in [0.717, 1.165) is 17.6 Å². The van der Waals surface area contributed by atoms with Crippen molar-refractivity contribution in [2.24, 2.45) is 4.40 Å². The molecule has 4 heteroatoms. The largest absolute Gasteiger partial charge is 0.234 e. The molecule has 1 aliphatic carbocycles. The maximum atomic E-state index is 12.9. The number of hydrogen-bond donors (Lipinski definition) is 0. The van der Waals surface area contributed by atoms with E-state index in [4.69, 9.17) is 0 Å². The summed E-state index contributed by atoms with van der Waals surface area (Å²) >= 11 is 0. The molecule has 0 N–H and O–H groups in total. The normalized spacial score (nSPS) is 19.5. The molecule has 0 saturated carbocycles. The maximum Gasteiger partial charge on any atom is 0.144 e. The highest BCUT2D eigenvalue weighted by molar-refractivity contribution is 7.85. The fourth-order valence-electron chi connectivity index (χ4n) is 2.11. The first kappa shape index (κ1) is 18.8. The van der Waals surface area contributed by atoms with Crippen LogP contribution in [0.25, 0.3) is 0 Å². The second-order valence-corrected chi connectivity index (χ2v) is 8.05. The van der Waals surface area contributed by atoms with Crippen LogP contribution in [0.2, 0.25) is 0 Å². The van der Waals surface area contributed by atoms with Crippen LogP contribution in [0, 0.1) is 5.82 Å². The van der Waals surface area contributed by atoms with E-state index in [9.17, 15) is 8.60 Å². The Morgan fingerprint density at radius 2 is 1.77 bits per heavy atom. The number of hydrogen-bond acceptors (Lipinski definition) is 1. The Kier molecular flexibility index (Phi) is 6.66. The maximum absolute atomic E-state index is 12.9. The lowest BCUT2D eigenvalue weighted by Crippen LogP contribution is -2.21. The van der Waals surface area contributed by atoms with E-state index in [1.807, 2.05) is 46.8 Å². The van der Waals surface area contributed by atoms with Crippen LogP contribution in [0.5, 0.6) is 0 Å². The minimum absolute atomic E-state index is 0.211. The van der Waals surface area contributed by atoms with Crippen molar-refractivity contribution in [3.63, 3.8) is 0 Å². The summed E-state index contributed by atoms with van der Waals surface area (Å²) in [5, 5.41) is 0. The van der Waals surface area contributed by atoms with E-state index in [0.29, 0.717) is 5.92 Å². The lowest BCUT2D eigenvalue weighted by molar-refractivity contribution is 0.624. The van der Waals surface area contributed by atoms with Crippen molar-refractivity contribution in [1.29, 1.82) is 0 Å². The van der Waals surface area contributed by atoms with Gasteiger partial charge in [0.1, 0.15) is 16.8 Å². The first-order valence-corrected chi connectivity index (χ1v) is 8.81. The molecule has 1 aromatic carbocycles. The Labute approximate surface area is 136 Å². The summed E-state index contributed by atoms with van der Waals surface area (Å²) in [6, 6.07) is 6.63. The van der Waals surface area contributed by atoms with E-state index >= 15 is 0 Å². The number of benzene rings is 1. The number of rotatable bonds is 3. The molecule has 0 radical (unpaired) electrons. The van der Waals surface area contributed by atoms with E-state index in [1.165, 1.54) is 17.7 Å². The van der Waals surface area contributed by atoms with E-state index in [1.54, 1.807) is 6.21 Å². The van der Waals surface area contributed by atoms with Gasteiger partial charge in [0.2, 0.25) is 0 Å². The standard InChI is InChI=1S/C16H20FNOS.C2H6/c1-11-13(10-18-20(19)16(2,3)4)9-15(11)12-5-7-14(17)8-6-12;1-2/h5-8,10,15H,9H2,1-4H3;1-2H3/b18-10+;. The van der Waals surface area contributed by atoms with Gasteiger partial charge in [-0.05, 0) is 57.4 Å². The van der Waals surface area contributed by atoms with Gasteiger partial charge in [0, 0.05) is 12.1 Å². The quantitative estimate of drug-likeness (QED) is 0.704. The molecular weight excluding hydrogens is 297 g/mol. The smallest absolute Gasteiger partial charge is 0.144 e. The van der Waals surface area contributed by atoms with Crippen LogP contribution in [-0.2, 0) is 11.0 Å². The highest BCUT2D eigenvalue weighted by Gasteiger charge is 2.27. The van der Waals surface area contributed by atoms with Gasteiger partial charge in [-0.1, -0.05) is 31.6 Å². The molecule has 122 valence electrons. The van der Waals surface area contributed by atoms with Crippen molar-refractivity contribution in [2.75, 3.05) is 0 Å². The zero-order valence-corrected chi connectivity index (χ0v) is 15.1. The summed E-state index contributed by atoms with van der Waals surface area (Å²) in [6.45, 7) is 11.8. The molecular formula is C18H26FNOS. The zero-order chi connectivity index (χ0) is 16.9. The molecule has 1 aliphatic rings. The molecule has 0 fully saturated rings. The number of nitrogens with zero attached hydrogens (tertiary/aromatic N) is 1. The molecule has 0 aliphatic heterocycles. The molecule has 2 nitrogen and oxygen atoms in total. The molecule has 2 unspecified atom stereocenters. The van der Waals surface area contributed by atoms with Gasteiger partial charge in [0.15, 0.2) is 0 Å². The van der Waals surface area contributed by atoms with Crippen molar-refractivity contribution in [1.82, 2.24) is 0 Å². The monoisotopic (exact) mass is 323 g/mol. The predicted molar refractivity (Wildman–Crippen MR) is 94.2 cm³/mol. The summed E-state index contributed by atoms with van der Waals surface area (Å²) in [5.74, 6) is 0.122. The van der Waals surface area contributed by atoms with Gasteiger partial charge in [-0.15, -0.1) is 0 Å². The SMILES string of the molecule is CC.CC1=C(/C=N/S(=O)C(C)(C)C)CC1c1ccc(F)cc1. The van der Waals surface area contributed by atoms with Crippen molar-refractivity contribution in [3.8, 4) is 0 Å². The topological polar surface area (TPSA) is 29.4 Å². The van der Waals surface area contributed by atoms with Gasteiger partial charge >= 0.3 is 0 Å². The Hall–Kier alpha value is -1.29. The van der Waals surface area contributed by atoms with Gasteiger partial charge < -0.3 is 0 Å². The average molecular weight is 323 g/mol. The van der Waals surface area contributed by atoms with Crippen molar-refractivity contribution < 1.29 is 8.60 Å². The predicted octanol–water partition coefficient (Wildman–Crippen LogP) is 5.19. The minimum Gasteiger partial charge on any atom is -0.234 e. The molecule has 0 bridgehead atoms. The van der Waals surface area contributed by atoms with E-state index in [2.05, 4.69) is 11.3 Å². The number of halogens is 1. The molecule has 1 aromatic rings. The lowest BCUT2D eigenvalue weighted by atomic mass is 9.75. The fourth-order valence-corrected chi connectivity index (χ4v) is 2.65. The Balaban J connectivity index is 0.00000116. The third-order valence-electron chi connectivity index (χ3n) is 3.55. The second kappa shape index (κ2) is 7.82. The van der Waals surface area contributed by atoms with Crippen LogP contribution < -0.4 is 0 Å². The van der Waals surface area contributed by atoms with Crippen molar-refractivity contribution in [3.05, 3.63) is 46.8 Å². The Morgan fingerprint density at radius 3 is 2.23 bits per heavy atom. The molecule has 0 amide bonds. The summed E-state index contributed by atoms with van der Waals surface area (Å²) in [4.78, 5) is 0. The highest BCUT2D eigenvalue weighted by atomic mass is 32.2. The highest BCUT2D eigenvalue weighted by Crippen LogP contribution is 2.41. The average Bonchev–Trinajstić information content (AvgIpc) is 2.48. The summed E-state index contributed by atoms with van der Waals surface area (Å²) < 4.78 is 28.6. The third kappa shape index (κ3) is 4.60. The summed E-state index contributed by atoms with van der Waals surface area (Å²) in [6.07, 6.45) is 2.61. The lowest BCUT2D eigenvalue weighted by Gasteiger charge is -2.30. The molecule has 0 spiro atoms. The van der Waals surface area contributed by atoms with Gasteiger partial charge in [-0.3, -0.25) is 0 Å². The van der Waals surface area contributed by atoms with E-state index in [-0.39, 0.29) is 10.6 Å². The van der Waals surface area contributed by atoms with Crippen LogP contribution in [0.4, 0.5) is 4.39 Å². The van der Waals surface area contributed by atoms with Crippen LogP contribution in [0.1, 0.15) is 59.4 Å². The third-order valence-corrected chi connectivity index (χ3v) is 4.90. The fraction of sp³-hybridized carbons (Fsp3) is 0.500. The summed E-state index contributed by atoms with van der Waals surface area (Å²) in [7, 11) is -1.21.